The van der Waals surface area contributed by atoms with Gasteiger partial charge in [0.05, 0.1) is 25.1 Å². The zero-order chi connectivity index (χ0) is 21.3. The van der Waals surface area contributed by atoms with E-state index in [-0.39, 0.29) is 11.3 Å². The molecule has 1 unspecified atom stereocenters. The van der Waals surface area contributed by atoms with E-state index in [0.717, 1.165) is 73.4 Å². The lowest BCUT2D eigenvalue weighted by Crippen LogP contribution is -2.36. The molecular formula is C25H30N4O2. The Labute approximate surface area is 183 Å². The number of aromatic amines is 1. The summed E-state index contributed by atoms with van der Waals surface area (Å²) in [6.45, 7) is 5.57. The maximum Gasteiger partial charge on any atom is 0.156 e. The molecule has 3 aromatic rings. The number of carbonyl (C=O) groups is 1. The molecule has 0 spiro atoms. The Hall–Kier alpha value is -2.73. The van der Waals surface area contributed by atoms with Gasteiger partial charge in [0.25, 0.3) is 0 Å². The first-order valence-corrected chi connectivity index (χ1v) is 11.4. The van der Waals surface area contributed by atoms with Crippen LogP contribution in [0.25, 0.3) is 22.4 Å². The Bertz CT molecular complexity index is 1060. The quantitative estimate of drug-likeness (QED) is 0.608. The molecule has 3 heterocycles. The zero-order valence-corrected chi connectivity index (χ0v) is 18.1. The van der Waals surface area contributed by atoms with Crippen LogP contribution < -0.4 is 4.90 Å². The van der Waals surface area contributed by atoms with Crippen molar-refractivity contribution in [2.75, 3.05) is 31.2 Å². The van der Waals surface area contributed by atoms with E-state index in [1.807, 2.05) is 12.4 Å². The lowest BCUT2D eigenvalue weighted by atomic mass is 9.66. The summed E-state index contributed by atoms with van der Waals surface area (Å²) in [5.41, 5.74) is 5.58. The van der Waals surface area contributed by atoms with E-state index < -0.39 is 0 Å². The third-order valence-electron chi connectivity index (χ3n) is 7.15. The average Bonchev–Trinajstić information content (AvgIpc) is 3.23. The van der Waals surface area contributed by atoms with Crippen LogP contribution in [0.1, 0.15) is 50.5 Å². The molecule has 31 heavy (non-hydrogen) atoms. The van der Waals surface area contributed by atoms with Crippen molar-refractivity contribution in [3.8, 4) is 11.3 Å². The van der Waals surface area contributed by atoms with Gasteiger partial charge < -0.3 is 19.4 Å². The monoisotopic (exact) mass is 418 g/mol. The lowest BCUT2D eigenvalue weighted by molar-refractivity contribution is -0.112. The van der Waals surface area contributed by atoms with Crippen LogP contribution in [0.15, 0.2) is 36.7 Å². The molecule has 6 nitrogen and oxygen atoms in total. The molecule has 1 aliphatic heterocycles. The summed E-state index contributed by atoms with van der Waals surface area (Å²) in [5.74, 6) is -0.161. The number of anilines is 1. The predicted octanol–water partition coefficient (Wildman–Crippen LogP) is 4.71. The molecule has 1 atom stereocenters. The SMILES string of the molecule is CC1(C(C=O)c2c[nH]c3ncc(-c4cccc(N5CCOCC5)c4)nc23)CCCCC1. The summed E-state index contributed by atoms with van der Waals surface area (Å²) in [5, 5.41) is 0. The van der Waals surface area contributed by atoms with Crippen LogP contribution in [-0.2, 0) is 9.53 Å². The molecule has 6 heteroatoms. The first kappa shape index (κ1) is 20.2. The predicted molar refractivity (Wildman–Crippen MR) is 122 cm³/mol. The van der Waals surface area contributed by atoms with Gasteiger partial charge in [-0.3, -0.25) is 0 Å². The molecule has 2 aliphatic rings. The van der Waals surface area contributed by atoms with Crippen molar-refractivity contribution in [1.29, 1.82) is 0 Å². The fraction of sp³-hybridized carbons (Fsp3) is 0.480. The number of nitrogens with zero attached hydrogens (tertiary/aromatic N) is 3. The number of ether oxygens (including phenoxy) is 1. The van der Waals surface area contributed by atoms with Gasteiger partial charge in [-0.1, -0.05) is 38.3 Å². The number of H-pyrrole nitrogens is 1. The van der Waals surface area contributed by atoms with Crippen molar-refractivity contribution in [3.63, 3.8) is 0 Å². The summed E-state index contributed by atoms with van der Waals surface area (Å²) in [4.78, 5) is 27.5. The summed E-state index contributed by atoms with van der Waals surface area (Å²) in [6.07, 6.45) is 10.7. The van der Waals surface area contributed by atoms with Gasteiger partial charge in [-0.15, -0.1) is 0 Å². The Balaban J connectivity index is 1.51. The van der Waals surface area contributed by atoms with Crippen LogP contribution in [0, 0.1) is 5.41 Å². The van der Waals surface area contributed by atoms with E-state index in [4.69, 9.17) is 9.72 Å². The zero-order valence-electron chi connectivity index (χ0n) is 18.1. The van der Waals surface area contributed by atoms with Gasteiger partial charge in [-0.2, -0.15) is 0 Å². The van der Waals surface area contributed by atoms with Crippen molar-refractivity contribution < 1.29 is 9.53 Å². The molecule has 162 valence electrons. The largest absolute Gasteiger partial charge is 0.378 e. The Morgan fingerprint density at radius 2 is 2.00 bits per heavy atom. The van der Waals surface area contributed by atoms with E-state index in [1.54, 1.807) is 0 Å². The highest BCUT2D eigenvalue weighted by Gasteiger charge is 2.38. The van der Waals surface area contributed by atoms with Gasteiger partial charge >= 0.3 is 0 Å². The fourth-order valence-electron chi connectivity index (χ4n) is 5.25. The Kier molecular flexibility index (Phi) is 5.48. The number of nitrogens with one attached hydrogen (secondary N) is 1. The number of hydrogen-bond donors (Lipinski definition) is 1. The first-order valence-electron chi connectivity index (χ1n) is 11.4. The summed E-state index contributed by atoms with van der Waals surface area (Å²) < 4.78 is 5.48. The van der Waals surface area contributed by atoms with Gasteiger partial charge in [-0.25, -0.2) is 9.97 Å². The average molecular weight is 419 g/mol. The van der Waals surface area contributed by atoms with Crippen LogP contribution in [0.4, 0.5) is 5.69 Å². The number of aldehydes is 1. The van der Waals surface area contributed by atoms with Crippen LogP contribution in [0.2, 0.25) is 0 Å². The fourth-order valence-corrected chi connectivity index (χ4v) is 5.25. The maximum atomic E-state index is 12.2. The van der Waals surface area contributed by atoms with E-state index in [0.29, 0.717) is 0 Å². The molecule has 2 aromatic heterocycles. The Morgan fingerprint density at radius 1 is 1.19 bits per heavy atom. The highest BCUT2D eigenvalue weighted by molar-refractivity contribution is 5.83. The third-order valence-corrected chi connectivity index (χ3v) is 7.15. The molecule has 1 N–H and O–H groups in total. The van der Waals surface area contributed by atoms with Gasteiger partial charge in [-0.05, 0) is 30.4 Å². The van der Waals surface area contributed by atoms with Crippen molar-refractivity contribution in [1.82, 2.24) is 15.0 Å². The molecule has 0 amide bonds. The lowest BCUT2D eigenvalue weighted by Gasteiger charge is -2.38. The summed E-state index contributed by atoms with van der Waals surface area (Å²) >= 11 is 0. The molecule has 1 saturated carbocycles. The van der Waals surface area contributed by atoms with Gasteiger partial charge in [0.15, 0.2) is 5.65 Å². The number of carbonyl (C=O) groups excluding carboxylic acids is 1. The van der Waals surface area contributed by atoms with Crippen molar-refractivity contribution in [3.05, 3.63) is 42.2 Å². The third kappa shape index (κ3) is 3.85. The van der Waals surface area contributed by atoms with Crippen molar-refractivity contribution in [2.45, 2.75) is 44.9 Å². The van der Waals surface area contributed by atoms with Crippen LogP contribution >= 0.6 is 0 Å². The van der Waals surface area contributed by atoms with E-state index >= 15 is 0 Å². The number of aromatic nitrogens is 3. The van der Waals surface area contributed by atoms with Crippen molar-refractivity contribution >= 4 is 23.1 Å². The molecular weight excluding hydrogens is 388 g/mol. The van der Waals surface area contributed by atoms with Crippen LogP contribution in [-0.4, -0.2) is 47.5 Å². The molecule has 2 fully saturated rings. The van der Waals surface area contributed by atoms with E-state index in [1.165, 1.54) is 24.9 Å². The van der Waals surface area contributed by atoms with Crippen LogP contribution in [0.5, 0.6) is 0 Å². The number of morpholine rings is 1. The second kappa shape index (κ2) is 8.42. The first-order chi connectivity index (χ1) is 15.2. The standard InChI is InChI=1S/C25H30N4O2/c1-25(8-3-2-4-9-25)21(17-30)20-15-26-24-23(20)28-22(16-27-24)18-6-5-7-19(14-18)29-10-12-31-13-11-29/h5-7,14-17,21H,2-4,8-13H2,1H3,(H,26,27). The number of rotatable bonds is 5. The summed E-state index contributed by atoms with van der Waals surface area (Å²) in [6, 6.07) is 8.45. The molecule has 5 rings (SSSR count). The minimum atomic E-state index is -0.161. The second-order valence-corrected chi connectivity index (χ2v) is 9.17. The van der Waals surface area contributed by atoms with E-state index in [9.17, 15) is 4.79 Å². The molecule has 1 aliphatic carbocycles. The highest BCUT2D eigenvalue weighted by atomic mass is 16.5. The van der Waals surface area contributed by atoms with Gasteiger partial charge in [0.2, 0.25) is 0 Å². The molecule has 1 saturated heterocycles. The molecule has 0 bridgehead atoms. The number of benzene rings is 1. The maximum absolute atomic E-state index is 12.2. The molecule has 0 radical (unpaired) electrons. The topological polar surface area (TPSA) is 71.1 Å². The minimum absolute atomic E-state index is 0.0109. The smallest absolute Gasteiger partial charge is 0.156 e. The van der Waals surface area contributed by atoms with Crippen molar-refractivity contribution in [2.24, 2.45) is 5.41 Å². The normalized spacial score (nSPS) is 20.0. The second-order valence-electron chi connectivity index (χ2n) is 9.17. The Morgan fingerprint density at radius 3 is 2.77 bits per heavy atom. The minimum Gasteiger partial charge on any atom is -0.378 e. The van der Waals surface area contributed by atoms with Gasteiger partial charge in [0.1, 0.15) is 11.8 Å². The molecule has 1 aromatic carbocycles. The van der Waals surface area contributed by atoms with Gasteiger partial charge in [0, 0.05) is 42.0 Å². The highest BCUT2D eigenvalue weighted by Crippen LogP contribution is 2.47. The number of hydrogen-bond acceptors (Lipinski definition) is 5. The van der Waals surface area contributed by atoms with E-state index in [2.05, 4.69) is 46.1 Å². The number of fused-ring (bicyclic) bond motifs is 1. The van der Waals surface area contributed by atoms with Crippen LogP contribution in [0.3, 0.4) is 0 Å². The summed E-state index contributed by atoms with van der Waals surface area (Å²) in [7, 11) is 0.